The smallest absolute Gasteiger partial charge is 0.350 e. The van der Waals surface area contributed by atoms with Crippen LogP contribution in [0.15, 0.2) is 36.7 Å². The number of esters is 2. The SMILES string of the molecule is CCOC(=O)C(Cc1ccccc1)(OC1[C@H]2O[C@@H](n3cnc4c(N)nc(Cl)nc43)[C@H](O)[C@]12C)C(=O)OCC. The van der Waals surface area contributed by atoms with Gasteiger partial charge in [0.2, 0.25) is 5.28 Å². The third-order valence-electron chi connectivity index (χ3n) is 7.12. The number of carbonyl (C=O) groups excluding carboxylic acids is 2. The number of benzene rings is 1. The molecule has 13 heteroatoms. The summed E-state index contributed by atoms with van der Waals surface area (Å²) in [5, 5.41) is 11.3. The fraction of sp³-hybridized carbons (Fsp3) is 0.480. The van der Waals surface area contributed by atoms with Crippen LogP contribution in [0.5, 0.6) is 0 Å². The van der Waals surface area contributed by atoms with Crippen LogP contribution in [-0.2, 0) is 35.0 Å². The number of fused-ring (bicyclic) bond motifs is 2. The summed E-state index contributed by atoms with van der Waals surface area (Å²) in [6, 6.07) is 8.95. The highest BCUT2D eigenvalue weighted by Gasteiger charge is 2.77. The van der Waals surface area contributed by atoms with Crippen molar-refractivity contribution in [3.05, 3.63) is 47.5 Å². The molecule has 3 heterocycles. The number of anilines is 1. The van der Waals surface area contributed by atoms with Crippen molar-refractivity contribution in [1.29, 1.82) is 0 Å². The molecule has 2 aromatic heterocycles. The van der Waals surface area contributed by atoms with Crippen LogP contribution in [0.3, 0.4) is 0 Å². The minimum atomic E-state index is -2.10. The summed E-state index contributed by atoms with van der Waals surface area (Å²) in [7, 11) is 0. The van der Waals surface area contributed by atoms with Gasteiger partial charge in [-0.2, -0.15) is 9.97 Å². The largest absolute Gasteiger partial charge is 0.463 e. The first kappa shape index (κ1) is 26.3. The molecule has 1 aliphatic carbocycles. The zero-order valence-corrected chi connectivity index (χ0v) is 21.8. The molecule has 5 atom stereocenters. The van der Waals surface area contributed by atoms with Crippen LogP contribution < -0.4 is 5.73 Å². The number of aromatic nitrogens is 4. The van der Waals surface area contributed by atoms with Crippen LogP contribution in [0.1, 0.15) is 32.6 Å². The Balaban J connectivity index is 1.46. The molecule has 202 valence electrons. The van der Waals surface area contributed by atoms with Gasteiger partial charge in [-0.1, -0.05) is 37.3 Å². The van der Waals surface area contributed by atoms with E-state index in [4.69, 9.17) is 36.3 Å². The number of nitrogens with zero attached hydrogens (tertiary/aromatic N) is 4. The van der Waals surface area contributed by atoms with Gasteiger partial charge < -0.3 is 29.8 Å². The molecule has 3 aromatic rings. The molecule has 3 N–H and O–H groups in total. The Morgan fingerprint density at radius 3 is 2.42 bits per heavy atom. The lowest BCUT2D eigenvalue weighted by atomic mass is 9.93. The van der Waals surface area contributed by atoms with Gasteiger partial charge >= 0.3 is 11.9 Å². The van der Waals surface area contributed by atoms with E-state index in [9.17, 15) is 14.7 Å². The minimum absolute atomic E-state index is 0.0337. The number of carbonyl (C=O) groups is 2. The number of hydrogen-bond donors (Lipinski definition) is 2. The number of nitrogen functional groups attached to an aromatic ring is 1. The highest BCUT2D eigenvalue weighted by atomic mass is 35.5. The molecule has 1 aromatic carbocycles. The van der Waals surface area contributed by atoms with E-state index >= 15 is 0 Å². The number of ether oxygens (including phenoxy) is 4. The molecule has 0 amide bonds. The summed E-state index contributed by atoms with van der Waals surface area (Å²) in [5.41, 5.74) is 4.12. The Morgan fingerprint density at radius 1 is 1.18 bits per heavy atom. The Bertz CT molecular complexity index is 1350. The van der Waals surface area contributed by atoms with E-state index in [1.165, 1.54) is 10.9 Å². The van der Waals surface area contributed by atoms with Crippen molar-refractivity contribution < 1.29 is 33.6 Å². The van der Waals surface area contributed by atoms with Crippen molar-refractivity contribution in [2.24, 2.45) is 5.41 Å². The second-order valence-electron chi connectivity index (χ2n) is 9.43. The molecule has 5 rings (SSSR count). The standard InChI is InChI=1S/C25H28ClN5O7/c1-4-35-21(33)25(22(34)36-5-2,11-13-9-7-6-8-10-13)38-17-16-24(17,3)15(32)20(37-16)31-12-28-14-18(27)29-23(26)30-19(14)31/h6-10,12,15-17,20,32H,4-5,11H2,1-3H3,(H2,27,29,30)/t15-,16+,17?,20+,24-/m0/s1. The van der Waals surface area contributed by atoms with E-state index in [0.29, 0.717) is 16.7 Å². The minimum Gasteiger partial charge on any atom is -0.463 e. The molecule has 1 unspecified atom stereocenters. The average molecular weight is 546 g/mol. The van der Waals surface area contributed by atoms with E-state index in [1.54, 1.807) is 45.0 Å². The maximum atomic E-state index is 13.3. The summed E-state index contributed by atoms with van der Waals surface area (Å²) in [6.07, 6.45) is -2.18. The number of halogens is 1. The van der Waals surface area contributed by atoms with Gasteiger partial charge in [0.25, 0.3) is 5.60 Å². The maximum Gasteiger partial charge on any atom is 0.350 e. The first-order chi connectivity index (χ1) is 18.2. The van der Waals surface area contributed by atoms with E-state index in [1.807, 2.05) is 6.07 Å². The lowest BCUT2D eigenvalue weighted by Crippen LogP contribution is -2.54. The van der Waals surface area contributed by atoms with Gasteiger partial charge in [-0.25, -0.2) is 14.6 Å². The Kier molecular flexibility index (Phi) is 6.76. The van der Waals surface area contributed by atoms with Gasteiger partial charge in [-0.15, -0.1) is 0 Å². The van der Waals surface area contributed by atoms with Gasteiger partial charge in [-0.05, 0) is 31.0 Å². The molecule has 12 nitrogen and oxygen atoms in total. The lowest BCUT2D eigenvalue weighted by Gasteiger charge is -2.32. The summed E-state index contributed by atoms with van der Waals surface area (Å²) in [5.74, 6) is -1.65. The number of rotatable bonds is 9. The quantitative estimate of drug-likeness (QED) is 0.229. The van der Waals surface area contributed by atoms with Crippen molar-refractivity contribution in [2.75, 3.05) is 18.9 Å². The number of aliphatic hydroxyl groups is 1. The average Bonchev–Trinajstić information content (AvgIpc) is 3.14. The highest BCUT2D eigenvalue weighted by molar-refractivity contribution is 6.28. The predicted octanol–water partition coefficient (Wildman–Crippen LogP) is 1.83. The molecule has 2 fully saturated rings. The molecule has 0 bridgehead atoms. The number of nitrogens with two attached hydrogens (primary N) is 1. The number of aliphatic hydroxyl groups excluding tert-OH is 1. The topological polar surface area (TPSA) is 161 Å². The molecule has 1 saturated carbocycles. The van der Waals surface area contributed by atoms with Crippen LogP contribution in [0, 0.1) is 5.41 Å². The third kappa shape index (κ3) is 4.08. The van der Waals surface area contributed by atoms with E-state index in [2.05, 4.69) is 15.0 Å². The molecule has 1 saturated heterocycles. The first-order valence-electron chi connectivity index (χ1n) is 12.2. The molecular weight excluding hydrogens is 518 g/mol. The van der Waals surface area contributed by atoms with Gasteiger partial charge in [-0.3, -0.25) is 4.57 Å². The molecule has 0 radical (unpaired) electrons. The van der Waals surface area contributed by atoms with Gasteiger partial charge in [0.1, 0.15) is 11.6 Å². The second-order valence-corrected chi connectivity index (χ2v) is 9.77. The van der Waals surface area contributed by atoms with E-state index < -0.39 is 47.5 Å². The second kappa shape index (κ2) is 9.77. The van der Waals surface area contributed by atoms with Crippen LogP contribution in [0.25, 0.3) is 11.2 Å². The number of imidazole rings is 1. The summed E-state index contributed by atoms with van der Waals surface area (Å²) >= 11 is 5.98. The number of hydrogen-bond acceptors (Lipinski definition) is 11. The van der Waals surface area contributed by atoms with E-state index in [0.717, 1.165) is 0 Å². The van der Waals surface area contributed by atoms with Crippen molar-refractivity contribution >= 4 is 40.5 Å². The fourth-order valence-corrected chi connectivity index (χ4v) is 5.17. The molecule has 1 aliphatic heterocycles. The fourth-order valence-electron chi connectivity index (χ4n) is 5.00. The normalized spacial score (nSPS) is 26.2. The van der Waals surface area contributed by atoms with Crippen molar-refractivity contribution in [3.8, 4) is 0 Å². The summed E-state index contributed by atoms with van der Waals surface area (Å²) < 4.78 is 24.6. The van der Waals surface area contributed by atoms with Crippen LogP contribution in [0.2, 0.25) is 5.28 Å². The highest BCUT2D eigenvalue weighted by Crippen LogP contribution is 2.63. The van der Waals surface area contributed by atoms with Gasteiger partial charge in [0.05, 0.1) is 37.2 Å². The Labute approximate surface area is 223 Å². The van der Waals surface area contributed by atoms with Crippen molar-refractivity contribution in [2.45, 2.75) is 57.3 Å². The maximum absolute atomic E-state index is 13.3. The summed E-state index contributed by atoms with van der Waals surface area (Å²) in [4.78, 5) is 38.9. The van der Waals surface area contributed by atoms with E-state index in [-0.39, 0.29) is 30.7 Å². The zero-order chi connectivity index (χ0) is 27.2. The monoisotopic (exact) mass is 545 g/mol. The van der Waals surface area contributed by atoms with Gasteiger partial charge in [0, 0.05) is 6.42 Å². The first-order valence-corrected chi connectivity index (χ1v) is 12.6. The van der Waals surface area contributed by atoms with Crippen LogP contribution in [0.4, 0.5) is 5.82 Å². The van der Waals surface area contributed by atoms with Crippen molar-refractivity contribution in [3.63, 3.8) is 0 Å². The van der Waals surface area contributed by atoms with Crippen molar-refractivity contribution in [1.82, 2.24) is 19.5 Å². The molecule has 0 spiro atoms. The Morgan fingerprint density at radius 2 is 1.84 bits per heavy atom. The van der Waals surface area contributed by atoms with Gasteiger partial charge in [0.15, 0.2) is 17.7 Å². The molecule has 38 heavy (non-hydrogen) atoms. The third-order valence-corrected chi connectivity index (χ3v) is 7.28. The predicted molar refractivity (Wildman–Crippen MR) is 134 cm³/mol. The molecule has 2 aliphatic rings. The lowest BCUT2D eigenvalue weighted by molar-refractivity contribution is -0.200. The zero-order valence-electron chi connectivity index (χ0n) is 21.0. The Hall–Kier alpha value is -3.32. The summed E-state index contributed by atoms with van der Waals surface area (Å²) in [6.45, 7) is 5.10. The van der Waals surface area contributed by atoms with Crippen LogP contribution >= 0.6 is 11.6 Å². The molecular formula is C25H28ClN5O7. The van der Waals surface area contributed by atoms with Crippen LogP contribution in [-0.4, -0.2) is 73.7 Å².